The highest BCUT2D eigenvalue weighted by Crippen LogP contribution is 2.26. The first-order valence-corrected chi connectivity index (χ1v) is 8.19. The van der Waals surface area contributed by atoms with Crippen molar-refractivity contribution < 1.29 is 13.5 Å². The fraction of sp³-hybridized carbons (Fsp3) is 0.786. The Morgan fingerprint density at radius 2 is 2.14 bits per heavy atom. The van der Waals surface area contributed by atoms with Gasteiger partial charge in [0.1, 0.15) is 6.61 Å². The lowest BCUT2D eigenvalue weighted by Gasteiger charge is -2.20. The van der Waals surface area contributed by atoms with E-state index >= 15 is 0 Å². The van der Waals surface area contributed by atoms with Crippen molar-refractivity contribution in [1.29, 1.82) is 0 Å². The van der Waals surface area contributed by atoms with Gasteiger partial charge in [-0.25, -0.2) is 8.78 Å². The highest BCUT2D eigenvalue weighted by molar-refractivity contribution is 9.10. The summed E-state index contributed by atoms with van der Waals surface area (Å²) in [6.07, 6.45) is 2.01. The Bertz CT molecular complexity index is 402. The second-order valence-electron chi connectivity index (χ2n) is 4.86. The molecule has 1 N–H and O–H groups in total. The average Bonchev–Trinajstić information content (AvgIpc) is 2.80. The summed E-state index contributed by atoms with van der Waals surface area (Å²) in [6.45, 7) is 5.69. The third-order valence-electron chi connectivity index (χ3n) is 3.03. The Morgan fingerprint density at radius 1 is 1.38 bits per heavy atom. The molecule has 0 radical (unpaired) electrons. The Labute approximate surface area is 133 Å². The zero-order valence-electron chi connectivity index (χ0n) is 12.6. The summed E-state index contributed by atoms with van der Waals surface area (Å²) in [6, 6.07) is 0.0473. The molecule has 1 rings (SSSR count). The molecule has 0 saturated heterocycles. The van der Waals surface area contributed by atoms with Gasteiger partial charge in [-0.05, 0) is 41.7 Å². The molecule has 1 aromatic heterocycles. The monoisotopic (exact) mass is 367 g/mol. The molecule has 0 aromatic carbocycles. The van der Waals surface area contributed by atoms with Crippen LogP contribution in [0.2, 0.25) is 0 Å². The fourth-order valence-electron chi connectivity index (χ4n) is 2.14. The summed E-state index contributed by atoms with van der Waals surface area (Å²) in [7, 11) is 0. The second kappa shape index (κ2) is 10.2. The van der Waals surface area contributed by atoms with Crippen molar-refractivity contribution in [2.75, 3.05) is 19.8 Å². The van der Waals surface area contributed by atoms with Gasteiger partial charge >= 0.3 is 0 Å². The van der Waals surface area contributed by atoms with E-state index in [1.807, 2.05) is 4.68 Å². The molecule has 1 atom stereocenters. The second-order valence-corrected chi connectivity index (χ2v) is 5.72. The van der Waals surface area contributed by atoms with Gasteiger partial charge in [-0.2, -0.15) is 5.10 Å². The molecule has 0 spiro atoms. The SMILES string of the molecule is CCCNC(CCOCC(F)F)c1c(Br)cnn1CCC. The summed E-state index contributed by atoms with van der Waals surface area (Å²) >= 11 is 3.53. The third kappa shape index (κ3) is 6.40. The van der Waals surface area contributed by atoms with Crippen molar-refractivity contribution in [3.8, 4) is 0 Å². The molecule has 7 heteroatoms. The van der Waals surface area contributed by atoms with E-state index in [0.717, 1.165) is 36.1 Å². The van der Waals surface area contributed by atoms with Crippen molar-refractivity contribution >= 4 is 15.9 Å². The molecule has 0 saturated carbocycles. The average molecular weight is 368 g/mol. The van der Waals surface area contributed by atoms with Crippen LogP contribution in [0.1, 0.15) is 44.8 Å². The molecular formula is C14H24BrF2N3O. The van der Waals surface area contributed by atoms with E-state index in [1.54, 1.807) is 6.20 Å². The minimum absolute atomic E-state index is 0.0473. The van der Waals surface area contributed by atoms with Crippen LogP contribution in [0, 0.1) is 0 Å². The fourth-order valence-corrected chi connectivity index (χ4v) is 2.71. The number of hydrogen-bond acceptors (Lipinski definition) is 3. The topological polar surface area (TPSA) is 39.1 Å². The quantitative estimate of drug-likeness (QED) is 0.605. The Morgan fingerprint density at radius 3 is 2.76 bits per heavy atom. The normalized spacial score (nSPS) is 13.0. The predicted molar refractivity (Wildman–Crippen MR) is 82.7 cm³/mol. The van der Waals surface area contributed by atoms with Gasteiger partial charge < -0.3 is 10.1 Å². The van der Waals surface area contributed by atoms with Crippen molar-refractivity contribution in [2.24, 2.45) is 0 Å². The van der Waals surface area contributed by atoms with Gasteiger partial charge in [0.2, 0.25) is 0 Å². The Balaban J connectivity index is 2.69. The van der Waals surface area contributed by atoms with Crippen LogP contribution in [-0.4, -0.2) is 36.0 Å². The van der Waals surface area contributed by atoms with Crippen LogP contribution in [-0.2, 0) is 11.3 Å². The van der Waals surface area contributed by atoms with Crippen LogP contribution in [0.4, 0.5) is 8.78 Å². The Kier molecular flexibility index (Phi) is 9.03. The van der Waals surface area contributed by atoms with Crippen LogP contribution in [0.25, 0.3) is 0 Å². The van der Waals surface area contributed by atoms with Crippen molar-refractivity contribution in [3.63, 3.8) is 0 Å². The minimum atomic E-state index is -2.41. The van der Waals surface area contributed by atoms with Gasteiger partial charge in [-0.1, -0.05) is 13.8 Å². The lowest BCUT2D eigenvalue weighted by molar-refractivity contribution is 0.0141. The van der Waals surface area contributed by atoms with Crippen molar-refractivity contribution in [2.45, 2.75) is 52.1 Å². The molecule has 1 aromatic rings. The van der Waals surface area contributed by atoms with Crippen LogP contribution >= 0.6 is 15.9 Å². The van der Waals surface area contributed by atoms with Gasteiger partial charge in [0.05, 0.1) is 22.4 Å². The number of halogens is 3. The molecule has 0 aliphatic rings. The molecule has 1 unspecified atom stereocenters. The summed E-state index contributed by atoms with van der Waals surface area (Å²) in [5, 5.41) is 7.80. The lowest BCUT2D eigenvalue weighted by atomic mass is 10.1. The number of rotatable bonds is 11. The molecule has 21 heavy (non-hydrogen) atoms. The number of nitrogens with zero attached hydrogens (tertiary/aromatic N) is 2. The number of hydrogen-bond donors (Lipinski definition) is 1. The van der Waals surface area contributed by atoms with E-state index in [1.165, 1.54) is 0 Å². The van der Waals surface area contributed by atoms with E-state index in [2.05, 4.69) is 40.2 Å². The molecule has 0 aliphatic carbocycles. The van der Waals surface area contributed by atoms with E-state index in [9.17, 15) is 8.78 Å². The van der Waals surface area contributed by atoms with E-state index in [4.69, 9.17) is 4.74 Å². The van der Waals surface area contributed by atoms with E-state index in [0.29, 0.717) is 13.0 Å². The van der Waals surface area contributed by atoms with Crippen LogP contribution in [0.3, 0.4) is 0 Å². The molecule has 4 nitrogen and oxygen atoms in total. The first-order chi connectivity index (χ1) is 10.1. The van der Waals surface area contributed by atoms with E-state index < -0.39 is 13.0 Å². The minimum Gasteiger partial charge on any atom is -0.375 e. The maximum Gasteiger partial charge on any atom is 0.261 e. The van der Waals surface area contributed by atoms with E-state index in [-0.39, 0.29) is 6.04 Å². The lowest BCUT2D eigenvalue weighted by Crippen LogP contribution is -2.26. The molecule has 0 bridgehead atoms. The first kappa shape index (κ1) is 18.5. The standard InChI is InChI=1S/C14H24BrF2N3O/c1-3-6-18-12(5-8-21-10-13(16)17)14-11(15)9-19-20(14)7-4-2/h9,12-13,18H,3-8,10H2,1-2H3. The largest absolute Gasteiger partial charge is 0.375 e. The summed E-state index contributed by atoms with van der Waals surface area (Å²) in [5.74, 6) is 0. The highest BCUT2D eigenvalue weighted by atomic mass is 79.9. The van der Waals surface area contributed by atoms with Crippen LogP contribution in [0.5, 0.6) is 0 Å². The summed E-state index contributed by atoms with van der Waals surface area (Å²) < 4.78 is 32.1. The maximum atomic E-state index is 12.1. The van der Waals surface area contributed by atoms with Crippen molar-refractivity contribution in [1.82, 2.24) is 15.1 Å². The predicted octanol–water partition coefficient (Wildman–Crippen LogP) is 3.77. The molecule has 0 aliphatic heterocycles. The van der Waals surface area contributed by atoms with Crippen molar-refractivity contribution in [3.05, 3.63) is 16.4 Å². The molecular weight excluding hydrogens is 344 g/mol. The van der Waals surface area contributed by atoms with Gasteiger partial charge in [-0.3, -0.25) is 4.68 Å². The number of nitrogens with one attached hydrogen (secondary N) is 1. The van der Waals surface area contributed by atoms with Crippen LogP contribution < -0.4 is 5.32 Å². The number of aryl methyl sites for hydroxylation is 1. The molecule has 0 amide bonds. The maximum absolute atomic E-state index is 12.1. The van der Waals surface area contributed by atoms with Gasteiger partial charge in [0, 0.05) is 13.2 Å². The molecule has 1 heterocycles. The Hall–Kier alpha value is -0.530. The zero-order valence-corrected chi connectivity index (χ0v) is 14.2. The smallest absolute Gasteiger partial charge is 0.261 e. The third-order valence-corrected chi connectivity index (χ3v) is 3.65. The highest BCUT2D eigenvalue weighted by Gasteiger charge is 2.19. The number of alkyl halides is 2. The zero-order chi connectivity index (χ0) is 15.7. The van der Waals surface area contributed by atoms with Gasteiger partial charge in [0.15, 0.2) is 0 Å². The van der Waals surface area contributed by atoms with Gasteiger partial charge in [0.25, 0.3) is 6.43 Å². The first-order valence-electron chi connectivity index (χ1n) is 7.40. The number of aromatic nitrogens is 2. The van der Waals surface area contributed by atoms with Gasteiger partial charge in [-0.15, -0.1) is 0 Å². The molecule has 122 valence electrons. The van der Waals surface area contributed by atoms with Crippen LogP contribution in [0.15, 0.2) is 10.7 Å². The number of ether oxygens (including phenoxy) is 1. The molecule has 0 fully saturated rings. The summed E-state index contributed by atoms with van der Waals surface area (Å²) in [5.41, 5.74) is 1.06. The summed E-state index contributed by atoms with van der Waals surface area (Å²) in [4.78, 5) is 0.